The van der Waals surface area contributed by atoms with E-state index in [0.29, 0.717) is 11.6 Å². The highest BCUT2D eigenvalue weighted by Gasteiger charge is 2.09. The van der Waals surface area contributed by atoms with Gasteiger partial charge in [0.2, 0.25) is 0 Å². The van der Waals surface area contributed by atoms with Gasteiger partial charge in [0.15, 0.2) is 0 Å². The lowest BCUT2D eigenvalue weighted by Gasteiger charge is -2.20. The van der Waals surface area contributed by atoms with Gasteiger partial charge in [-0.15, -0.1) is 0 Å². The van der Waals surface area contributed by atoms with Gasteiger partial charge < -0.3 is 10.2 Å². The summed E-state index contributed by atoms with van der Waals surface area (Å²) in [7, 11) is 3.91. The highest BCUT2D eigenvalue weighted by molar-refractivity contribution is 6.34. The first-order chi connectivity index (χ1) is 9.49. The Kier molecular flexibility index (Phi) is 4.50. The van der Waals surface area contributed by atoms with Crippen LogP contribution in [0.1, 0.15) is 11.1 Å². The molecule has 0 spiro atoms. The number of anilines is 2. The SMILES string of the molecule is Cc1cc(F)ccc1CNc1cccc(Cl)c1N(C)C. The molecule has 2 rings (SSSR count). The summed E-state index contributed by atoms with van der Waals surface area (Å²) >= 11 is 6.23. The molecule has 2 aromatic rings. The van der Waals surface area contributed by atoms with E-state index in [9.17, 15) is 4.39 Å². The van der Waals surface area contributed by atoms with Crippen LogP contribution in [0.2, 0.25) is 5.02 Å². The molecule has 106 valence electrons. The molecule has 0 unspecified atom stereocenters. The Hall–Kier alpha value is -1.74. The fourth-order valence-electron chi connectivity index (χ4n) is 2.16. The van der Waals surface area contributed by atoms with Crippen molar-refractivity contribution < 1.29 is 4.39 Å². The van der Waals surface area contributed by atoms with E-state index < -0.39 is 0 Å². The molecule has 2 aromatic carbocycles. The third-order valence-electron chi connectivity index (χ3n) is 3.21. The number of para-hydroxylation sites is 1. The van der Waals surface area contributed by atoms with Crippen LogP contribution < -0.4 is 10.2 Å². The van der Waals surface area contributed by atoms with Crippen LogP contribution >= 0.6 is 11.6 Å². The number of hydrogen-bond acceptors (Lipinski definition) is 2. The van der Waals surface area contributed by atoms with Gasteiger partial charge in [-0.2, -0.15) is 0 Å². The first-order valence-corrected chi connectivity index (χ1v) is 6.81. The molecular weight excluding hydrogens is 275 g/mol. The second-order valence-corrected chi connectivity index (χ2v) is 5.36. The lowest BCUT2D eigenvalue weighted by molar-refractivity contribution is 0.625. The molecule has 0 amide bonds. The maximum absolute atomic E-state index is 13.1. The zero-order valence-electron chi connectivity index (χ0n) is 11.9. The summed E-state index contributed by atoms with van der Waals surface area (Å²) < 4.78 is 13.1. The standard InChI is InChI=1S/C16H18ClFN2/c1-11-9-13(18)8-7-12(11)10-19-15-6-4-5-14(17)16(15)20(2)3/h4-9,19H,10H2,1-3H3. The largest absolute Gasteiger partial charge is 0.379 e. The molecule has 0 bridgehead atoms. The molecule has 0 fully saturated rings. The van der Waals surface area contributed by atoms with Crippen molar-refractivity contribution in [2.75, 3.05) is 24.3 Å². The summed E-state index contributed by atoms with van der Waals surface area (Å²) in [5.74, 6) is -0.206. The molecule has 0 atom stereocenters. The summed E-state index contributed by atoms with van der Waals surface area (Å²) in [5, 5.41) is 4.07. The molecule has 0 saturated carbocycles. The summed E-state index contributed by atoms with van der Waals surface area (Å²) in [4.78, 5) is 1.97. The van der Waals surface area contributed by atoms with Gasteiger partial charge in [0.05, 0.1) is 16.4 Å². The minimum atomic E-state index is -0.206. The van der Waals surface area contributed by atoms with Crippen molar-refractivity contribution in [3.63, 3.8) is 0 Å². The summed E-state index contributed by atoms with van der Waals surface area (Å²) in [6.45, 7) is 2.54. The molecule has 4 heteroatoms. The van der Waals surface area contributed by atoms with Crippen molar-refractivity contribution in [2.24, 2.45) is 0 Å². The van der Waals surface area contributed by atoms with Crippen LogP contribution in [0.15, 0.2) is 36.4 Å². The fourth-order valence-corrected chi connectivity index (χ4v) is 2.50. The van der Waals surface area contributed by atoms with Crippen LogP contribution in [-0.4, -0.2) is 14.1 Å². The van der Waals surface area contributed by atoms with Gasteiger partial charge in [0.25, 0.3) is 0 Å². The molecule has 20 heavy (non-hydrogen) atoms. The molecule has 2 nitrogen and oxygen atoms in total. The van der Waals surface area contributed by atoms with Crippen molar-refractivity contribution in [3.05, 3.63) is 58.4 Å². The number of aryl methyl sites for hydroxylation is 1. The minimum absolute atomic E-state index is 0.206. The van der Waals surface area contributed by atoms with E-state index >= 15 is 0 Å². The first-order valence-electron chi connectivity index (χ1n) is 6.44. The predicted molar refractivity (Wildman–Crippen MR) is 84.2 cm³/mol. The maximum atomic E-state index is 13.1. The van der Waals surface area contributed by atoms with E-state index in [4.69, 9.17) is 11.6 Å². The van der Waals surface area contributed by atoms with Crippen LogP contribution in [0, 0.1) is 12.7 Å². The summed E-state index contributed by atoms with van der Waals surface area (Å²) in [6, 6.07) is 10.6. The molecular formula is C16H18ClFN2. The Morgan fingerprint density at radius 2 is 1.95 bits per heavy atom. The van der Waals surface area contributed by atoms with Crippen molar-refractivity contribution in [1.29, 1.82) is 0 Å². The highest BCUT2D eigenvalue weighted by atomic mass is 35.5. The average molecular weight is 293 g/mol. The number of rotatable bonds is 4. The number of nitrogens with zero attached hydrogens (tertiary/aromatic N) is 1. The van der Waals surface area contributed by atoms with E-state index in [2.05, 4.69) is 5.32 Å². The first kappa shape index (κ1) is 14.7. The number of hydrogen-bond donors (Lipinski definition) is 1. The minimum Gasteiger partial charge on any atom is -0.379 e. The number of nitrogens with one attached hydrogen (secondary N) is 1. The molecule has 0 aliphatic rings. The molecule has 0 saturated heterocycles. The quantitative estimate of drug-likeness (QED) is 0.894. The zero-order chi connectivity index (χ0) is 14.7. The third kappa shape index (κ3) is 3.23. The van der Waals surface area contributed by atoms with Gasteiger partial charge in [-0.25, -0.2) is 4.39 Å². The fraction of sp³-hybridized carbons (Fsp3) is 0.250. The van der Waals surface area contributed by atoms with Crippen molar-refractivity contribution in [3.8, 4) is 0 Å². The molecule has 0 heterocycles. The lowest BCUT2D eigenvalue weighted by Crippen LogP contribution is -2.13. The van der Waals surface area contributed by atoms with Crippen molar-refractivity contribution in [2.45, 2.75) is 13.5 Å². The molecule has 1 N–H and O–H groups in total. The van der Waals surface area contributed by atoms with Gasteiger partial charge in [0.1, 0.15) is 5.82 Å². The van der Waals surface area contributed by atoms with Gasteiger partial charge in [-0.05, 0) is 42.3 Å². The second kappa shape index (κ2) is 6.14. The zero-order valence-corrected chi connectivity index (χ0v) is 12.6. The van der Waals surface area contributed by atoms with Crippen molar-refractivity contribution in [1.82, 2.24) is 0 Å². The topological polar surface area (TPSA) is 15.3 Å². The van der Waals surface area contributed by atoms with Crippen LogP contribution in [-0.2, 0) is 6.54 Å². The van der Waals surface area contributed by atoms with Crippen LogP contribution in [0.25, 0.3) is 0 Å². The Bertz CT molecular complexity index is 611. The molecule has 0 radical (unpaired) electrons. The normalized spacial score (nSPS) is 10.4. The van der Waals surface area contributed by atoms with Gasteiger partial charge in [-0.1, -0.05) is 23.7 Å². The summed E-state index contributed by atoms with van der Waals surface area (Å²) in [6.07, 6.45) is 0. The van der Waals surface area contributed by atoms with Crippen LogP contribution in [0.5, 0.6) is 0 Å². The molecule has 0 aromatic heterocycles. The number of halogens is 2. The smallest absolute Gasteiger partial charge is 0.123 e. The van der Waals surface area contributed by atoms with E-state index in [1.54, 1.807) is 12.1 Å². The predicted octanol–water partition coefficient (Wildman–Crippen LogP) is 4.47. The van der Waals surface area contributed by atoms with E-state index in [0.717, 1.165) is 22.5 Å². The van der Waals surface area contributed by atoms with E-state index in [1.165, 1.54) is 6.07 Å². The van der Waals surface area contributed by atoms with Crippen LogP contribution in [0.3, 0.4) is 0 Å². The Labute approximate surface area is 124 Å². The van der Waals surface area contributed by atoms with Gasteiger partial charge in [0, 0.05) is 20.6 Å². The highest BCUT2D eigenvalue weighted by Crippen LogP contribution is 2.32. The number of benzene rings is 2. The lowest BCUT2D eigenvalue weighted by atomic mass is 10.1. The van der Waals surface area contributed by atoms with Crippen LogP contribution in [0.4, 0.5) is 15.8 Å². The van der Waals surface area contributed by atoms with Crippen molar-refractivity contribution >= 4 is 23.0 Å². The Balaban J connectivity index is 2.21. The summed E-state index contributed by atoms with van der Waals surface area (Å²) in [5.41, 5.74) is 3.92. The third-order valence-corrected chi connectivity index (χ3v) is 3.51. The molecule has 0 aliphatic heterocycles. The average Bonchev–Trinajstić information content (AvgIpc) is 2.37. The van der Waals surface area contributed by atoms with Gasteiger partial charge >= 0.3 is 0 Å². The second-order valence-electron chi connectivity index (χ2n) is 4.95. The Morgan fingerprint density at radius 3 is 2.60 bits per heavy atom. The van der Waals surface area contributed by atoms with E-state index in [-0.39, 0.29) is 5.82 Å². The monoisotopic (exact) mass is 292 g/mol. The van der Waals surface area contributed by atoms with Gasteiger partial charge in [-0.3, -0.25) is 0 Å². The maximum Gasteiger partial charge on any atom is 0.123 e. The van der Waals surface area contributed by atoms with E-state index in [1.807, 2.05) is 44.1 Å². The molecule has 0 aliphatic carbocycles. The Morgan fingerprint density at radius 1 is 1.20 bits per heavy atom.